The van der Waals surface area contributed by atoms with Gasteiger partial charge in [-0.3, -0.25) is 48.9 Å². The van der Waals surface area contributed by atoms with Crippen LogP contribution in [0.3, 0.4) is 0 Å². The Kier molecular flexibility index (Phi) is 9.99. The van der Waals surface area contributed by atoms with Crippen LogP contribution in [-0.4, -0.2) is 119 Å². The fraction of sp³-hybridized carbons (Fsp3) is 0.390. The first-order valence-electron chi connectivity index (χ1n) is 18.8. The molecule has 2 aromatic heterocycles. The molecule has 4 aromatic rings. The Morgan fingerprint density at radius 1 is 0.912 bits per heavy atom. The molecular formula is C41H42N6O10. The van der Waals surface area contributed by atoms with E-state index in [0.717, 1.165) is 39.9 Å². The standard InChI is InChI=1S/C41H42N6O10/c1-44-20-30(26-8-11-42-19-29(26)38(44)51)24-16-33(54-2)31(34(17-24)55-3)21-46-12-10-41(46)22-45(23-41)36(49)9-13-56-14-15-57-25-4-5-27-28(18-25)40(53)47(39(27)52)32-6-7-35(48)43-37(32)50/h4-5,8,11,16-20,32H,6-7,9-10,12-15,21-23H2,1-3H3,(H,43,48,50). The van der Waals surface area contributed by atoms with Gasteiger partial charge in [0.25, 0.3) is 17.4 Å². The maximum atomic E-state index is 13.1. The number of amides is 5. The number of nitrogens with one attached hydrogen (secondary N) is 1. The van der Waals surface area contributed by atoms with E-state index >= 15 is 0 Å². The molecule has 0 aliphatic carbocycles. The zero-order chi connectivity index (χ0) is 40.0. The van der Waals surface area contributed by atoms with Crippen LogP contribution in [0.5, 0.6) is 17.2 Å². The molecule has 0 bridgehead atoms. The number of imide groups is 2. The van der Waals surface area contributed by atoms with Crippen molar-refractivity contribution in [2.45, 2.75) is 43.8 Å². The van der Waals surface area contributed by atoms with E-state index in [9.17, 15) is 28.8 Å². The Bertz CT molecular complexity index is 2360. The molecule has 1 N–H and O–H groups in total. The molecule has 5 amide bonds. The van der Waals surface area contributed by atoms with Gasteiger partial charge in [0.15, 0.2) is 0 Å². The number of carbonyl (C=O) groups excluding carboxylic acids is 5. The van der Waals surface area contributed by atoms with Gasteiger partial charge in [0, 0.05) is 63.8 Å². The number of hydrogen-bond acceptors (Lipinski definition) is 12. The van der Waals surface area contributed by atoms with Crippen LogP contribution in [0.2, 0.25) is 0 Å². The van der Waals surface area contributed by atoms with Crippen molar-refractivity contribution in [2.75, 3.05) is 53.7 Å². The number of carbonyl (C=O) groups is 5. The van der Waals surface area contributed by atoms with Gasteiger partial charge in [-0.2, -0.15) is 0 Å². The first-order chi connectivity index (χ1) is 27.5. The number of aromatic nitrogens is 2. The minimum Gasteiger partial charge on any atom is -0.496 e. The normalized spacial score (nSPS) is 18.7. The maximum Gasteiger partial charge on any atom is 0.262 e. The van der Waals surface area contributed by atoms with E-state index in [4.69, 9.17) is 18.9 Å². The molecule has 1 unspecified atom stereocenters. The van der Waals surface area contributed by atoms with E-state index in [1.165, 1.54) is 12.1 Å². The molecule has 2 aromatic carbocycles. The zero-order valence-corrected chi connectivity index (χ0v) is 31.9. The highest BCUT2D eigenvalue weighted by molar-refractivity contribution is 6.23. The lowest BCUT2D eigenvalue weighted by Gasteiger charge is -2.62. The molecular weight excluding hydrogens is 736 g/mol. The Labute approximate surface area is 327 Å². The molecule has 6 heterocycles. The SMILES string of the molecule is COc1cc(-c2cn(C)c(=O)c3cnccc23)cc(OC)c1CN1CCC12CN(C(=O)CCOCCOc1ccc3c(c1)C(=O)N(C1CCC(=O)NC1=O)C3=O)C2. The average Bonchev–Trinajstić information content (AvgIpc) is 3.43. The third-order valence-electron chi connectivity index (χ3n) is 11.5. The smallest absolute Gasteiger partial charge is 0.262 e. The molecule has 3 saturated heterocycles. The highest BCUT2D eigenvalue weighted by Crippen LogP contribution is 2.44. The lowest BCUT2D eigenvalue weighted by atomic mass is 9.77. The zero-order valence-electron chi connectivity index (χ0n) is 31.9. The van der Waals surface area contributed by atoms with Crippen LogP contribution in [0, 0.1) is 0 Å². The molecule has 0 radical (unpaired) electrons. The van der Waals surface area contributed by atoms with Crippen molar-refractivity contribution in [2.24, 2.45) is 7.05 Å². The first-order valence-corrected chi connectivity index (χ1v) is 18.8. The van der Waals surface area contributed by atoms with Gasteiger partial charge in [0.05, 0.1) is 61.5 Å². The van der Waals surface area contributed by atoms with Crippen LogP contribution in [0.25, 0.3) is 21.9 Å². The van der Waals surface area contributed by atoms with Crippen LogP contribution < -0.4 is 25.1 Å². The summed E-state index contributed by atoms with van der Waals surface area (Å²) in [5, 5.41) is 3.50. The summed E-state index contributed by atoms with van der Waals surface area (Å²) < 4.78 is 24.8. The molecule has 0 saturated carbocycles. The summed E-state index contributed by atoms with van der Waals surface area (Å²) in [7, 11) is 4.98. The van der Waals surface area contributed by atoms with Gasteiger partial charge in [-0.05, 0) is 60.2 Å². The summed E-state index contributed by atoms with van der Waals surface area (Å²) in [5.41, 5.74) is 2.69. The number of likely N-dealkylation sites (tertiary alicyclic amines) is 2. The second-order valence-electron chi connectivity index (χ2n) is 14.8. The maximum absolute atomic E-state index is 13.1. The average molecular weight is 779 g/mol. The summed E-state index contributed by atoms with van der Waals surface area (Å²) >= 11 is 0. The number of nitrogens with zero attached hydrogens (tertiary/aromatic N) is 5. The molecule has 4 aliphatic heterocycles. The van der Waals surface area contributed by atoms with Crippen molar-refractivity contribution in [3.63, 3.8) is 0 Å². The number of aryl methyl sites for hydroxylation is 1. The number of ether oxygens (including phenoxy) is 4. The van der Waals surface area contributed by atoms with E-state index in [2.05, 4.69) is 15.2 Å². The van der Waals surface area contributed by atoms with E-state index < -0.39 is 29.7 Å². The number of hydrogen-bond donors (Lipinski definition) is 1. The van der Waals surface area contributed by atoms with E-state index in [0.29, 0.717) is 42.3 Å². The second kappa shape index (κ2) is 15.1. The van der Waals surface area contributed by atoms with Crippen LogP contribution >= 0.6 is 0 Å². The largest absolute Gasteiger partial charge is 0.496 e. The van der Waals surface area contributed by atoms with Gasteiger partial charge in [-0.1, -0.05) is 0 Å². The van der Waals surface area contributed by atoms with Crippen LogP contribution in [0.1, 0.15) is 52.0 Å². The van der Waals surface area contributed by atoms with Crippen molar-refractivity contribution < 1.29 is 42.9 Å². The van der Waals surface area contributed by atoms with Gasteiger partial charge in [0.1, 0.15) is 29.9 Å². The van der Waals surface area contributed by atoms with Crippen molar-refractivity contribution in [3.05, 3.63) is 82.0 Å². The summed E-state index contributed by atoms with van der Waals surface area (Å²) in [6.07, 6.45) is 6.39. The van der Waals surface area contributed by atoms with Crippen molar-refractivity contribution in [3.8, 4) is 28.4 Å². The molecule has 1 spiro atoms. The third-order valence-corrected chi connectivity index (χ3v) is 11.5. The van der Waals surface area contributed by atoms with Crippen LogP contribution in [0.4, 0.5) is 0 Å². The lowest BCUT2D eigenvalue weighted by Crippen LogP contribution is -2.77. The fourth-order valence-electron chi connectivity index (χ4n) is 8.24. The number of methoxy groups -OCH3 is 2. The summed E-state index contributed by atoms with van der Waals surface area (Å²) in [5.74, 6) is -0.578. The van der Waals surface area contributed by atoms with Crippen LogP contribution in [0.15, 0.2) is 59.8 Å². The molecule has 3 fully saturated rings. The molecule has 16 heteroatoms. The monoisotopic (exact) mass is 778 g/mol. The van der Waals surface area contributed by atoms with Gasteiger partial charge in [-0.15, -0.1) is 0 Å². The Morgan fingerprint density at radius 2 is 1.67 bits per heavy atom. The topological polar surface area (TPSA) is 179 Å². The van der Waals surface area contributed by atoms with Crippen molar-refractivity contribution >= 4 is 40.3 Å². The molecule has 1 atom stereocenters. The number of piperidine rings is 1. The van der Waals surface area contributed by atoms with Gasteiger partial charge >= 0.3 is 0 Å². The third kappa shape index (κ3) is 6.78. The molecule has 296 valence electrons. The number of pyridine rings is 2. The highest BCUT2D eigenvalue weighted by Gasteiger charge is 2.54. The Balaban J connectivity index is 0.811. The van der Waals surface area contributed by atoms with Gasteiger partial charge < -0.3 is 28.4 Å². The summed E-state index contributed by atoms with van der Waals surface area (Å²) in [6, 6.07) is 9.26. The molecule has 8 rings (SSSR count). The Hall–Kier alpha value is -6.13. The minimum absolute atomic E-state index is 0.00923. The Morgan fingerprint density at radius 3 is 2.37 bits per heavy atom. The van der Waals surface area contributed by atoms with Gasteiger partial charge in [-0.25, -0.2) is 0 Å². The fourth-order valence-corrected chi connectivity index (χ4v) is 8.24. The summed E-state index contributed by atoms with van der Waals surface area (Å²) in [4.78, 5) is 84.9. The first kappa shape index (κ1) is 37.8. The van der Waals surface area contributed by atoms with Gasteiger partial charge in [0.2, 0.25) is 17.7 Å². The molecule has 4 aliphatic rings. The molecule has 16 nitrogen and oxygen atoms in total. The minimum atomic E-state index is -1.04. The highest BCUT2D eigenvalue weighted by atomic mass is 16.5. The lowest BCUT2D eigenvalue weighted by molar-refractivity contribution is -0.163. The van der Waals surface area contributed by atoms with Crippen molar-refractivity contribution in [1.29, 1.82) is 0 Å². The summed E-state index contributed by atoms with van der Waals surface area (Å²) in [6.45, 7) is 3.28. The second-order valence-corrected chi connectivity index (χ2v) is 14.8. The van der Waals surface area contributed by atoms with E-state index in [-0.39, 0.29) is 67.2 Å². The number of fused-ring (bicyclic) bond motifs is 2. The number of rotatable bonds is 13. The number of benzene rings is 2. The van der Waals surface area contributed by atoms with E-state index in [1.807, 2.05) is 29.3 Å². The predicted octanol–water partition coefficient (Wildman–Crippen LogP) is 2.29. The quantitative estimate of drug-likeness (QED) is 0.155. The molecule has 57 heavy (non-hydrogen) atoms. The predicted molar refractivity (Wildman–Crippen MR) is 204 cm³/mol. The van der Waals surface area contributed by atoms with Crippen molar-refractivity contribution in [1.82, 2.24) is 29.6 Å². The van der Waals surface area contributed by atoms with Crippen LogP contribution in [-0.2, 0) is 32.7 Å². The van der Waals surface area contributed by atoms with E-state index in [1.54, 1.807) is 44.3 Å².